The maximum absolute atomic E-state index is 11.6. The minimum absolute atomic E-state index is 0.00693. The third kappa shape index (κ3) is 3.81. The molecule has 1 fully saturated rings. The Morgan fingerprint density at radius 2 is 1.83 bits per heavy atom. The number of piperidine rings is 1. The second-order valence-corrected chi connectivity index (χ2v) is 9.59. The maximum atomic E-state index is 11.6. The molecule has 0 radical (unpaired) electrons. The van der Waals surface area contributed by atoms with Gasteiger partial charge in [0.15, 0.2) is 0 Å². The molecule has 156 valence electrons. The van der Waals surface area contributed by atoms with Crippen molar-refractivity contribution in [2.75, 3.05) is 18.0 Å². The summed E-state index contributed by atoms with van der Waals surface area (Å²) in [4.78, 5) is 26.7. The van der Waals surface area contributed by atoms with Crippen molar-refractivity contribution in [1.82, 2.24) is 9.97 Å². The van der Waals surface area contributed by atoms with Crippen LogP contribution >= 0.6 is 11.3 Å². The number of nitrogens with zero attached hydrogens (tertiary/aromatic N) is 3. The van der Waals surface area contributed by atoms with E-state index >= 15 is 0 Å². The molecule has 2 aliphatic rings. The summed E-state index contributed by atoms with van der Waals surface area (Å²) in [5.41, 5.74) is 8.34. The number of carbonyl (C=O) groups excluding carboxylic acids is 1. The second kappa shape index (κ2) is 8.34. The topological polar surface area (TPSA) is 72.1 Å². The van der Waals surface area contributed by atoms with Crippen LogP contribution in [0.5, 0.6) is 0 Å². The van der Waals surface area contributed by atoms with Gasteiger partial charge in [-0.15, -0.1) is 11.3 Å². The molecule has 6 heteroatoms. The number of carbonyl (C=O) groups is 1. The minimum atomic E-state index is -0.168. The van der Waals surface area contributed by atoms with E-state index in [9.17, 15) is 4.79 Å². The molecule has 0 saturated carbocycles. The zero-order chi connectivity index (χ0) is 20.5. The van der Waals surface area contributed by atoms with Gasteiger partial charge in [-0.2, -0.15) is 0 Å². The Morgan fingerprint density at radius 1 is 1.07 bits per heavy atom. The Labute approximate surface area is 181 Å². The molecule has 0 unspecified atom stereocenters. The van der Waals surface area contributed by atoms with Crippen molar-refractivity contribution in [2.45, 2.75) is 51.4 Å². The number of benzene rings is 1. The number of amides is 1. The van der Waals surface area contributed by atoms with Crippen LogP contribution in [0.2, 0.25) is 0 Å². The molecule has 0 bridgehead atoms. The Hall–Kier alpha value is -2.47. The predicted octanol–water partition coefficient (Wildman–Crippen LogP) is 4.06. The molecule has 5 rings (SSSR count). The average molecular weight is 421 g/mol. The number of rotatable bonds is 5. The lowest BCUT2D eigenvalue weighted by molar-refractivity contribution is -0.122. The molecule has 0 spiro atoms. The summed E-state index contributed by atoms with van der Waals surface area (Å²) in [6.07, 6.45) is 8.23. The number of thiophene rings is 1. The van der Waals surface area contributed by atoms with Crippen LogP contribution in [0.3, 0.4) is 0 Å². The Morgan fingerprint density at radius 3 is 2.60 bits per heavy atom. The van der Waals surface area contributed by atoms with Crippen molar-refractivity contribution < 1.29 is 4.79 Å². The van der Waals surface area contributed by atoms with Crippen LogP contribution < -0.4 is 10.6 Å². The number of aryl methyl sites for hydroxylation is 4. The number of fused-ring (bicyclic) bond motifs is 3. The zero-order valence-electron chi connectivity index (χ0n) is 17.3. The van der Waals surface area contributed by atoms with Gasteiger partial charge in [0.25, 0.3) is 0 Å². The lowest BCUT2D eigenvalue weighted by Gasteiger charge is -2.32. The lowest BCUT2D eigenvalue weighted by Crippen LogP contribution is -2.39. The number of primary amides is 1. The number of aromatic nitrogens is 2. The number of anilines is 1. The molecular formula is C24H28N4OS. The van der Waals surface area contributed by atoms with Crippen molar-refractivity contribution in [2.24, 2.45) is 11.7 Å². The monoisotopic (exact) mass is 420 g/mol. The Bertz CT molecular complexity index is 1050. The van der Waals surface area contributed by atoms with Crippen LogP contribution in [-0.4, -0.2) is 29.0 Å². The van der Waals surface area contributed by atoms with Gasteiger partial charge in [-0.05, 0) is 56.1 Å². The smallest absolute Gasteiger partial charge is 0.220 e. The van der Waals surface area contributed by atoms with E-state index in [1.807, 2.05) is 11.3 Å². The van der Waals surface area contributed by atoms with E-state index in [1.165, 1.54) is 40.7 Å². The highest BCUT2D eigenvalue weighted by Gasteiger charge is 2.28. The Kier molecular flexibility index (Phi) is 5.42. The van der Waals surface area contributed by atoms with Gasteiger partial charge in [-0.25, -0.2) is 9.97 Å². The highest BCUT2D eigenvalue weighted by molar-refractivity contribution is 7.19. The third-order valence-corrected chi connectivity index (χ3v) is 7.70. The molecule has 2 N–H and O–H groups in total. The SMILES string of the molecule is NC(=O)C1CCN(c2nc(CCc3ccccc3)nc3sc4c(c23)CCCC4)CC1. The Balaban J connectivity index is 1.49. The van der Waals surface area contributed by atoms with Crippen molar-refractivity contribution in [3.05, 3.63) is 52.2 Å². The predicted molar refractivity (Wildman–Crippen MR) is 122 cm³/mol. The van der Waals surface area contributed by atoms with Crippen molar-refractivity contribution >= 4 is 33.3 Å². The molecule has 1 aliphatic carbocycles. The molecule has 2 aromatic heterocycles. The van der Waals surface area contributed by atoms with Gasteiger partial charge < -0.3 is 10.6 Å². The fourth-order valence-corrected chi connectivity index (χ4v) is 6.07. The summed E-state index contributed by atoms with van der Waals surface area (Å²) in [5, 5.41) is 1.27. The third-order valence-electron chi connectivity index (χ3n) is 6.52. The minimum Gasteiger partial charge on any atom is -0.369 e. The molecule has 3 aromatic rings. The van der Waals surface area contributed by atoms with Crippen molar-refractivity contribution in [3.8, 4) is 0 Å². The number of hydrogen-bond donors (Lipinski definition) is 1. The summed E-state index contributed by atoms with van der Waals surface area (Å²) in [5.74, 6) is 1.84. The van der Waals surface area contributed by atoms with Crippen LogP contribution in [0, 0.1) is 5.92 Å². The van der Waals surface area contributed by atoms with E-state index in [-0.39, 0.29) is 11.8 Å². The standard InChI is InChI=1S/C24H28N4OS/c25-22(29)17-12-14-28(15-13-17)23-21-18-8-4-5-9-19(18)30-24(21)27-20(26-23)11-10-16-6-2-1-3-7-16/h1-3,6-7,17H,4-5,8-15H2,(H2,25,29). The fraction of sp³-hybridized carbons (Fsp3) is 0.458. The van der Waals surface area contributed by atoms with E-state index in [2.05, 4.69) is 35.2 Å². The molecule has 3 heterocycles. The van der Waals surface area contributed by atoms with E-state index < -0.39 is 0 Å². The molecule has 30 heavy (non-hydrogen) atoms. The fourth-order valence-electron chi connectivity index (χ4n) is 4.80. The van der Waals surface area contributed by atoms with Gasteiger partial charge in [0.1, 0.15) is 16.5 Å². The first-order valence-electron chi connectivity index (χ1n) is 11.1. The molecule has 1 saturated heterocycles. The van der Waals surface area contributed by atoms with Crippen LogP contribution in [0.15, 0.2) is 30.3 Å². The van der Waals surface area contributed by atoms with Crippen LogP contribution in [0.25, 0.3) is 10.2 Å². The molecule has 1 aliphatic heterocycles. The first kappa shape index (κ1) is 19.5. The van der Waals surface area contributed by atoms with Gasteiger partial charge in [0.05, 0.1) is 5.39 Å². The second-order valence-electron chi connectivity index (χ2n) is 8.50. The van der Waals surface area contributed by atoms with Crippen molar-refractivity contribution in [1.29, 1.82) is 0 Å². The largest absolute Gasteiger partial charge is 0.369 e. The summed E-state index contributed by atoms with van der Waals surface area (Å²) in [6.45, 7) is 1.67. The van der Waals surface area contributed by atoms with Crippen LogP contribution in [-0.2, 0) is 30.5 Å². The summed E-state index contributed by atoms with van der Waals surface area (Å²) >= 11 is 1.87. The molecular weight excluding hydrogens is 392 g/mol. The molecule has 1 aromatic carbocycles. The first-order valence-corrected chi connectivity index (χ1v) is 11.9. The first-order chi connectivity index (χ1) is 14.7. The normalized spacial score (nSPS) is 17.3. The van der Waals surface area contributed by atoms with Gasteiger partial charge in [0.2, 0.25) is 5.91 Å². The van der Waals surface area contributed by atoms with Gasteiger partial charge >= 0.3 is 0 Å². The van der Waals surface area contributed by atoms with Crippen LogP contribution in [0.1, 0.15) is 47.5 Å². The molecule has 0 atom stereocenters. The summed E-state index contributed by atoms with van der Waals surface area (Å²) < 4.78 is 0. The van der Waals surface area contributed by atoms with Gasteiger partial charge in [-0.1, -0.05) is 30.3 Å². The van der Waals surface area contributed by atoms with Crippen LogP contribution in [0.4, 0.5) is 5.82 Å². The maximum Gasteiger partial charge on any atom is 0.220 e. The van der Waals surface area contributed by atoms with E-state index in [0.29, 0.717) is 0 Å². The molecule has 1 amide bonds. The summed E-state index contributed by atoms with van der Waals surface area (Å²) in [7, 11) is 0. The number of hydrogen-bond acceptors (Lipinski definition) is 5. The zero-order valence-corrected chi connectivity index (χ0v) is 18.1. The van der Waals surface area contributed by atoms with E-state index in [1.54, 1.807) is 0 Å². The number of nitrogens with two attached hydrogens (primary N) is 1. The van der Waals surface area contributed by atoms with Crippen molar-refractivity contribution in [3.63, 3.8) is 0 Å². The van der Waals surface area contributed by atoms with E-state index in [0.717, 1.165) is 61.7 Å². The lowest BCUT2D eigenvalue weighted by atomic mass is 9.94. The van der Waals surface area contributed by atoms with Gasteiger partial charge in [0, 0.05) is 30.3 Å². The molecule has 5 nitrogen and oxygen atoms in total. The quantitative estimate of drug-likeness (QED) is 0.676. The average Bonchev–Trinajstić information content (AvgIpc) is 3.16. The summed E-state index contributed by atoms with van der Waals surface area (Å²) in [6, 6.07) is 10.5. The highest BCUT2D eigenvalue weighted by Crippen LogP contribution is 2.40. The van der Waals surface area contributed by atoms with Gasteiger partial charge in [-0.3, -0.25) is 4.79 Å². The highest BCUT2D eigenvalue weighted by atomic mass is 32.1. The van der Waals surface area contributed by atoms with E-state index in [4.69, 9.17) is 15.7 Å².